The Kier molecular flexibility index (Phi) is 7.34. The first kappa shape index (κ1) is 23.4. The number of hydrogen-bond acceptors (Lipinski definition) is 4. The Balaban J connectivity index is 1.10. The van der Waals surface area contributed by atoms with Crippen LogP contribution >= 0.6 is 0 Å². The summed E-state index contributed by atoms with van der Waals surface area (Å²) in [5.41, 5.74) is 4.38. The van der Waals surface area contributed by atoms with E-state index in [2.05, 4.69) is 52.7 Å². The third-order valence-electron chi connectivity index (χ3n) is 7.11. The van der Waals surface area contributed by atoms with Gasteiger partial charge in [0.2, 0.25) is 0 Å². The summed E-state index contributed by atoms with van der Waals surface area (Å²) in [6.45, 7) is 6.31. The minimum absolute atomic E-state index is 0.0688. The average molecular weight is 471 g/mol. The van der Waals surface area contributed by atoms with Crippen molar-refractivity contribution in [1.29, 1.82) is 0 Å². The quantitative estimate of drug-likeness (QED) is 0.502. The van der Waals surface area contributed by atoms with Crippen molar-refractivity contribution in [2.45, 2.75) is 38.8 Å². The van der Waals surface area contributed by atoms with Gasteiger partial charge in [-0.2, -0.15) is 0 Å². The summed E-state index contributed by atoms with van der Waals surface area (Å²) in [6, 6.07) is 24.6. The fourth-order valence-corrected chi connectivity index (χ4v) is 5.01. The van der Waals surface area contributed by atoms with E-state index in [-0.39, 0.29) is 11.9 Å². The topological polar surface area (TPSA) is 50.8 Å². The van der Waals surface area contributed by atoms with E-state index in [0.717, 1.165) is 42.6 Å². The molecule has 0 aromatic heterocycles. The minimum atomic E-state index is -0.129. The number of rotatable bonds is 7. The Morgan fingerprint density at radius 1 is 0.914 bits per heavy atom. The lowest BCUT2D eigenvalue weighted by molar-refractivity contribution is 0.0939. The van der Waals surface area contributed by atoms with Gasteiger partial charge in [-0.05, 0) is 86.1 Å². The van der Waals surface area contributed by atoms with Gasteiger partial charge in [-0.25, -0.2) is 0 Å². The Morgan fingerprint density at radius 3 is 2.37 bits per heavy atom. The number of likely N-dealkylation sites (tertiary alicyclic amines) is 1. The molecule has 1 saturated heterocycles. The molecule has 2 aliphatic heterocycles. The number of fused-ring (bicyclic) bond motifs is 1. The second-order valence-electron chi connectivity index (χ2n) is 9.70. The van der Waals surface area contributed by atoms with Gasteiger partial charge in [-0.15, -0.1) is 0 Å². The van der Waals surface area contributed by atoms with Crippen LogP contribution in [-0.2, 0) is 13.0 Å². The first-order valence-corrected chi connectivity index (χ1v) is 12.7. The maximum atomic E-state index is 12.8. The van der Waals surface area contributed by atoms with Gasteiger partial charge in [0.25, 0.3) is 5.91 Å². The van der Waals surface area contributed by atoms with Gasteiger partial charge < -0.3 is 14.8 Å². The van der Waals surface area contributed by atoms with Crippen molar-refractivity contribution in [2.24, 2.45) is 5.92 Å². The average Bonchev–Trinajstić information content (AvgIpc) is 2.90. The van der Waals surface area contributed by atoms with Crippen LogP contribution in [0.1, 0.15) is 52.9 Å². The van der Waals surface area contributed by atoms with Crippen LogP contribution in [-0.4, -0.2) is 37.1 Å². The molecule has 1 fully saturated rings. The highest BCUT2D eigenvalue weighted by atomic mass is 16.6. The fourth-order valence-electron chi connectivity index (χ4n) is 5.01. The third-order valence-corrected chi connectivity index (χ3v) is 7.11. The Bertz CT molecular complexity index is 1120. The van der Waals surface area contributed by atoms with E-state index < -0.39 is 0 Å². The summed E-state index contributed by atoms with van der Waals surface area (Å²) in [6.07, 6.45) is 3.67. The largest absolute Gasteiger partial charge is 0.486 e. The number of ether oxygens (including phenoxy) is 2. The number of carbonyl (C=O) groups is 1. The summed E-state index contributed by atoms with van der Waals surface area (Å²) in [5, 5.41) is 3.10. The summed E-state index contributed by atoms with van der Waals surface area (Å²) in [7, 11) is 0. The molecule has 5 nitrogen and oxygen atoms in total. The van der Waals surface area contributed by atoms with Crippen LogP contribution in [0.25, 0.3) is 0 Å². The van der Waals surface area contributed by atoms with Gasteiger partial charge in [0.1, 0.15) is 13.2 Å². The lowest BCUT2D eigenvalue weighted by Gasteiger charge is -2.32. The minimum Gasteiger partial charge on any atom is -0.486 e. The number of carbonyl (C=O) groups excluding carboxylic acids is 1. The van der Waals surface area contributed by atoms with Crippen LogP contribution in [0.4, 0.5) is 0 Å². The van der Waals surface area contributed by atoms with Crippen LogP contribution in [0.2, 0.25) is 0 Å². The SMILES string of the molecule is C[C@@H](NC(=O)c1ccc(CN2CCC(Cc3ccccc3)CC2)cc1)c1ccc2c(c1)OCCO2. The lowest BCUT2D eigenvalue weighted by Crippen LogP contribution is -2.33. The number of nitrogens with zero attached hydrogens (tertiary/aromatic N) is 1. The van der Waals surface area contributed by atoms with Crippen molar-refractivity contribution in [3.05, 3.63) is 95.1 Å². The summed E-state index contributed by atoms with van der Waals surface area (Å²) >= 11 is 0. The number of hydrogen-bond donors (Lipinski definition) is 1. The number of benzene rings is 3. The maximum absolute atomic E-state index is 12.8. The van der Waals surface area contributed by atoms with E-state index in [1.807, 2.05) is 37.3 Å². The number of nitrogens with one attached hydrogen (secondary N) is 1. The van der Waals surface area contributed by atoms with Crippen molar-refractivity contribution >= 4 is 5.91 Å². The number of piperidine rings is 1. The van der Waals surface area contributed by atoms with E-state index in [0.29, 0.717) is 18.8 Å². The zero-order chi connectivity index (χ0) is 24.0. The van der Waals surface area contributed by atoms with Gasteiger partial charge in [0, 0.05) is 12.1 Å². The monoisotopic (exact) mass is 470 g/mol. The van der Waals surface area contributed by atoms with Crippen molar-refractivity contribution in [2.75, 3.05) is 26.3 Å². The van der Waals surface area contributed by atoms with Crippen molar-refractivity contribution in [3.63, 3.8) is 0 Å². The molecule has 5 heteroatoms. The molecule has 0 saturated carbocycles. The molecule has 0 radical (unpaired) electrons. The van der Waals surface area contributed by atoms with E-state index in [4.69, 9.17) is 9.47 Å². The van der Waals surface area contributed by atoms with Crippen LogP contribution in [0.3, 0.4) is 0 Å². The van der Waals surface area contributed by atoms with E-state index in [9.17, 15) is 4.79 Å². The van der Waals surface area contributed by atoms with Gasteiger partial charge in [0.15, 0.2) is 11.5 Å². The Hall–Kier alpha value is -3.31. The molecule has 1 atom stereocenters. The van der Waals surface area contributed by atoms with Crippen molar-refractivity contribution in [3.8, 4) is 11.5 Å². The van der Waals surface area contributed by atoms with Gasteiger partial charge in [0.05, 0.1) is 6.04 Å². The van der Waals surface area contributed by atoms with Gasteiger partial charge >= 0.3 is 0 Å². The Morgan fingerprint density at radius 2 is 1.63 bits per heavy atom. The van der Waals surface area contributed by atoms with Gasteiger partial charge in [-0.1, -0.05) is 48.5 Å². The van der Waals surface area contributed by atoms with Crippen LogP contribution in [0, 0.1) is 5.92 Å². The van der Waals surface area contributed by atoms with Crippen LogP contribution < -0.4 is 14.8 Å². The molecule has 182 valence electrons. The van der Waals surface area contributed by atoms with E-state index in [1.165, 1.54) is 30.4 Å². The predicted molar refractivity (Wildman–Crippen MR) is 138 cm³/mol. The highest BCUT2D eigenvalue weighted by Gasteiger charge is 2.20. The summed E-state index contributed by atoms with van der Waals surface area (Å²) < 4.78 is 11.3. The van der Waals surface area contributed by atoms with Gasteiger partial charge in [-0.3, -0.25) is 9.69 Å². The molecule has 1 N–H and O–H groups in total. The molecule has 5 rings (SSSR count). The smallest absolute Gasteiger partial charge is 0.251 e. The number of amides is 1. The highest BCUT2D eigenvalue weighted by Crippen LogP contribution is 2.32. The molecule has 0 aliphatic carbocycles. The van der Waals surface area contributed by atoms with Crippen LogP contribution in [0.5, 0.6) is 11.5 Å². The third kappa shape index (κ3) is 6.04. The van der Waals surface area contributed by atoms with E-state index >= 15 is 0 Å². The predicted octanol–water partition coefficient (Wildman–Crippen LogP) is 5.40. The summed E-state index contributed by atoms with van der Waals surface area (Å²) in [4.78, 5) is 15.4. The van der Waals surface area contributed by atoms with E-state index in [1.54, 1.807) is 0 Å². The maximum Gasteiger partial charge on any atom is 0.251 e. The molecular weight excluding hydrogens is 436 g/mol. The normalized spacial score (nSPS) is 17.1. The van der Waals surface area contributed by atoms with Crippen molar-refractivity contribution < 1.29 is 14.3 Å². The molecular formula is C30H34N2O3. The van der Waals surface area contributed by atoms with Crippen LogP contribution in [0.15, 0.2) is 72.8 Å². The molecule has 0 unspecified atom stereocenters. The summed E-state index contributed by atoms with van der Waals surface area (Å²) in [5.74, 6) is 2.20. The Labute approximate surface area is 208 Å². The molecule has 0 bridgehead atoms. The molecule has 1 amide bonds. The molecule has 3 aromatic rings. The first-order valence-electron chi connectivity index (χ1n) is 12.7. The zero-order valence-corrected chi connectivity index (χ0v) is 20.4. The second-order valence-corrected chi connectivity index (χ2v) is 9.70. The fraction of sp³-hybridized carbons (Fsp3) is 0.367. The molecule has 0 spiro atoms. The molecule has 35 heavy (non-hydrogen) atoms. The molecule has 3 aromatic carbocycles. The standard InChI is InChI=1S/C30H34N2O3/c1-22(27-11-12-28-29(20-27)35-18-17-34-28)31-30(33)26-9-7-25(8-10-26)21-32-15-13-24(14-16-32)19-23-5-3-2-4-6-23/h2-12,20,22,24H,13-19,21H2,1H3,(H,31,33)/t22-/m1/s1. The lowest BCUT2D eigenvalue weighted by atomic mass is 9.90. The second kappa shape index (κ2) is 11.0. The first-order chi connectivity index (χ1) is 17.1. The zero-order valence-electron chi connectivity index (χ0n) is 20.4. The molecule has 2 heterocycles. The highest BCUT2D eigenvalue weighted by molar-refractivity contribution is 5.94. The molecule has 2 aliphatic rings. The van der Waals surface area contributed by atoms with Crippen molar-refractivity contribution in [1.82, 2.24) is 10.2 Å².